The predicted molar refractivity (Wildman–Crippen MR) is 75.9 cm³/mol. The summed E-state index contributed by atoms with van der Waals surface area (Å²) in [6, 6.07) is 5.37. The summed E-state index contributed by atoms with van der Waals surface area (Å²) >= 11 is 13.5. The van der Waals surface area contributed by atoms with Crippen molar-refractivity contribution in [3.8, 4) is 0 Å². The number of aromatic nitrogens is 2. The van der Waals surface area contributed by atoms with Gasteiger partial charge in [0.2, 0.25) is 0 Å². The first-order chi connectivity index (χ1) is 8.69. The fourth-order valence-corrected chi connectivity index (χ4v) is 2.63. The van der Waals surface area contributed by atoms with Gasteiger partial charge in [0.1, 0.15) is 0 Å². The fourth-order valence-electron chi connectivity index (χ4n) is 1.24. The molecule has 1 heterocycles. The van der Waals surface area contributed by atoms with Crippen LogP contribution in [-0.4, -0.2) is 9.97 Å². The van der Waals surface area contributed by atoms with E-state index in [1.54, 1.807) is 36.3 Å². The molecule has 0 unspecified atom stereocenters. The van der Waals surface area contributed by atoms with E-state index in [0.717, 1.165) is 10.6 Å². The molecule has 1 aromatic carbocycles. The molecule has 0 atom stereocenters. The van der Waals surface area contributed by atoms with Crippen LogP contribution in [0, 0.1) is 0 Å². The van der Waals surface area contributed by atoms with Crippen LogP contribution in [0.4, 0.5) is 5.82 Å². The predicted octanol–water partition coefficient (Wildman–Crippen LogP) is 3.36. The number of thioether (sulfide) groups is 1. The second kappa shape index (κ2) is 6.24. The number of rotatable bonds is 4. The number of halogens is 2. The topological polar surface area (TPSA) is 63.8 Å². The highest BCUT2D eigenvalue weighted by Crippen LogP contribution is 2.31. The van der Waals surface area contributed by atoms with Crippen molar-refractivity contribution in [2.24, 2.45) is 5.84 Å². The van der Waals surface area contributed by atoms with Crippen molar-refractivity contribution < 1.29 is 0 Å². The summed E-state index contributed by atoms with van der Waals surface area (Å²) in [5.74, 6) is 6.41. The Kier molecular flexibility index (Phi) is 4.66. The number of anilines is 1. The minimum Gasteiger partial charge on any atom is -0.307 e. The van der Waals surface area contributed by atoms with Crippen LogP contribution in [-0.2, 0) is 5.75 Å². The molecule has 4 nitrogen and oxygen atoms in total. The molecule has 1 aromatic heterocycles. The monoisotopic (exact) mass is 300 g/mol. The van der Waals surface area contributed by atoms with Crippen LogP contribution < -0.4 is 11.3 Å². The van der Waals surface area contributed by atoms with E-state index >= 15 is 0 Å². The van der Waals surface area contributed by atoms with E-state index in [0.29, 0.717) is 21.6 Å². The van der Waals surface area contributed by atoms with Gasteiger partial charge in [0, 0.05) is 15.7 Å². The SMILES string of the molecule is NNc1cnc(CSc2cc(Cl)ccc2Cl)cn1. The molecule has 2 rings (SSSR count). The highest BCUT2D eigenvalue weighted by Gasteiger charge is 2.04. The van der Waals surface area contributed by atoms with Gasteiger partial charge in [-0.25, -0.2) is 10.8 Å². The molecule has 0 saturated heterocycles. The average molecular weight is 301 g/mol. The van der Waals surface area contributed by atoms with Gasteiger partial charge in [-0.2, -0.15) is 0 Å². The summed E-state index contributed by atoms with van der Waals surface area (Å²) in [5, 5.41) is 1.34. The quantitative estimate of drug-likeness (QED) is 0.515. The molecule has 0 aliphatic rings. The van der Waals surface area contributed by atoms with Gasteiger partial charge >= 0.3 is 0 Å². The summed E-state index contributed by atoms with van der Waals surface area (Å²) in [5.41, 5.74) is 3.27. The van der Waals surface area contributed by atoms with Crippen molar-refractivity contribution >= 4 is 40.8 Å². The Balaban J connectivity index is 2.04. The van der Waals surface area contributed by atoms with E-state index in [1.165, 1.54) is 0 Å². The zero-order chi connectivity index (χ0) is 13.0. The summed E-state index contributed by atoms with van der Waals surface area (Å²) in [7, 11) is 0. The number of hydrazine groups is 1. The Morgan fingerprint density at radius 3 is 2.72 bits per heavy atom. The van der Waals surface area contributed by atoms with Gasteiger partial charge in [0.25, 0.3) is 0 Å². The summed E-state index contributed by atoms with van der Waals surface area (Å²) in [4.78, 5) is 9.22. The number of hydrogen-bond donors (Lipinski definition) is 2. The third-order valence-corrected chi connectivity index (χ3v) is 3.89. The van der Waals surface area contributed by atoms with Crippen molar-refractivity contribution in [2.45, 2.75) is 10.6 Å². The zero-order valence-corrected chi connectivity index (χ0v) is 11.6. The number of benzene rings is 1. The van der Waals surface area contributed by atoms with Crippen LogP contribution in [0.1, 0.15) is 5.69 Å². The average Bonchev–Trinajstić information content (AvgIpc) is 2.40. The van der Waals surface area contributed by atoms with Crippen molar-refractivity contribution in [1.82, 2.24) is 9.97 Å². The largest absolute Gasteiger partial charge is 0.307 e. The number of hydrogen-bond acceptors (Lipinski definition) is 5. The van der Waals surface area contributed by atoms with E-state index in [4.69, 9.17) is 29.0 Å². The molecule has 3 N–H and O–H groups in total. The lowest BCUT2D eigenvalue weighted by molar-refractivity contribution is 1.08. The second-order valence-electron chi connectivity index (χ2n) is 3.40. The molecule has 0 radical (unpaired) electrons. The zero-order valence-electron chi connectivity index (χ0n) is 9.23. The number of nitrogen functional groups attached to an aromatic ring is 1. The Labute approximate surface area is 119 Å². The van der Waals surface area contributed by atoms with Gasteiger partial charge in [-0.1, -0.05) is 23.2 Å². The van der Waals surface area contributed by atoms with Gasteiger partial charge in [0.05, 0.1) is 23.1 Å². The summed E-state index contributed by atoms with van der Waals surface area (Å²) in [6.45, 7) is 0. The molecule has 94 valence electrons. The third kappa shape index (κ3) is 3.49. The normalized spacial score (nSPS) is 10.4. The van der Waals surface area contributed by atoms with Crippen molar-refractivity contribution in [2.75, 3.05) is 5.43 Å². The summed E-state index contributed by atoms with van der Waals surface area (Å²) < 4.78 is 0. The molecule has 0 spiro atoms. The van der Waals surface area contributed by atoms with Crippen LogP contribution in [0.15, 0.2) is 35.5 Å². The van der Waals surface area contributed by atoms with Gasteiger partial charge in [-0.15, -0.1) is 11.8 Å². The standard InChI is InChI=1S/C11H10Cl2N4S/c12-7-1-2-9(13)10(3-7)18-6-8-4-16-11(17-14)5-15-8/h1-5H,6,14H2,(H,16,17). The smallest absolute Gasteiger partial charge is 0.158 e. The van der Waals surface area contributed by atoms with Gasteiger partial charge in [-0.05, 0) is 18.2 Å². The molecule has 0 bridgehead atoms. The highest BCUT2D eigenvalue weighted by atomic mass is 35.5. The van der Waals surface area contributed by atoms with E-state index < -0.39 is 0 Å². The Bertz CT molecular complexity index is 533. The van der Waals surface area contributed by atoms with Crippen LogP contribution in [0.3, 0.4) is 0 Å². The lowest BCUT2D eigenvalue weighted by atomic mass is 10.4. The van der Waals surface area contributed by atoms with Gasteiger partial charge in [-0.3, -0.25) is 4.98 Å². The molecule has 0 amide bonds. The minimum atomic E-state index is 0.532. The first kappa shape index (κ1) is 13.4. The Morgan fingerprint density at radius 2 is 2.06 bits per heavy atom. The molecule has 2 aromatic rings. The molecular weight excluding hydrogens is 291 g/mol. The van der Waals surface area contributed by atoms with E-state index in [9.17, 15) is 0 Å². The highest BCUT2D eigenvalue weighted by molar-refractivity contribution is 7.98. The fraction of sp³-hybridized carbons (Fsp3) is 0.0909. The molecule has 0 aliphatic carbocycles. The van der Waals surface area contributed by atoms with Crippen molar-refractivity contribution in [3.05, 3.63) is 46.3 Å². The minimum absolute atomic E-state index is 0.532. The maximum absolute atomic E-state index is 6.07. The molecular formula is C11H10Cl2N4S. The van der Waals surface area contributed by atoms with Crippen LogP contribution >= 0.6 is 35.0 Å². The Morgan fingerprint density at radius 1 is 1.22 bits per heavy atom. The molecule has 0 aliphatic heterocycles. The van der Waals surface area contributed by atoms with E-state index in [-0.39, 0.29) is 0 Å². The van der Waals surface area contributed by atoms with Crippen molar-refractivity contribution in [3.63, 3.8) is 0 Å². The maximum Gasteiger partial charge on any atom is 0.158 e. The van der Waals surface area contributed by atoms with Gasteiger partial charge in [0.15, 0.2) is 5.82 Å². The maximum atomic E-state index is 6.07. The number of nitrogens with two attached hydrogens (primary N) is 1. The number of nitrogens with one attached hydrogen (secondary N) is 1. The van der Waals surface area contributed by atoms with Crippen LogP contribution in [0.2, 0.25) is 10.0 Å². The molecule has 18 heavy (non-hydrogen) atoms. The Hall–Kier alpha value is -1.01. The summed E-state index contributed by atoms with van der Waals surface area (Å²) in [6.07, 6.45) is 3.25. The van der Waals surface area contributed by atoms with E-state index in [2.05, 4.69) is 15.4 Å². The molecule has 0 fully saturated rings. The second-order valence-corrected chi connectivity index (χ2v) is 5.26. The lowest BCUT2D eigenvalue weighted by Gasteiger charge is -2.05. The van der Waals surface area contributed by atoms with Gasteiger partial charge < -0.3 is 5.43 Å². The first-order valence-corrected chi connectivity index (χ1v) is 6.78. The van der Waals surface area contributed by atoms with Crippen molar-refractivity contribution in [1.29, 1.82) is 0 Å². The van der Waals surface area contributed by atoms with Crippen LogP contribution in [0.25, 0.3) is 0 Å². The van der Waals surface area contributed by atoms with E-state index in [1.807, 2.05) is 6.07 Å². The third-order valence-electron chi connectivity index (χ3n) is 2.12. The molecule has 7 heteroatoms. The molecule has 0 saturated carbocycles. The lowest BCUT2D eigenvalue weighted by Crippen LogP contribution is -2.08. The first-order valence-electron chi connectivity index (χ1n) is 5.04. The number of nitrogens with zero attached hydrogens (tertiary/aromatic N) is 2. The van der Waals surface area contributed by atoms with Crippen LogP contribution in [0.5, 0.6) is 0 Å².